The van der Waals surface area contributed by atoms with E-state index < -0.39 is 0 Å². The van der Waals surface area contributed by atoms with E-state index in [2.05, 4.69) is 46.2 Å². The molecule has 5 nitrogen and oxygen atoms in total. The first-order valence-corrected chi connectivity index (χ1v) is 10.9. The minimum absolute atomic E-state index is 0.716. The van der Waals surface area contributed by atoms with Gasteiger partial charge in [0.15, 0.2) is 10.6 Å². The van der Waals surface area contributed by atoms with E-state index in [0.717, 1.165) is 53.9 Å². The Morgan fingerprint density at radius 2 is 1.63 bits per heavy atom. The Kier molecular flexibility index (Phi) is 6.79. The summed E-state index contributed by atoms with van der Waals surface area (Å²) in [5.41, 5.74) is 2.26. The van der Waals surface area contributed by atoms with E-state index in [-0.39, 0.29) is 0 Å². The van der Waals surface area contributed by atoms with Crippen LogP contribution in [0.25, 0.3) is 17.5 Å². The van der Waals surface area contributed by atoms with Crippen LogP contribution in [0.2, 0.25) is 5.02 Å². The molecule has 0 bridgehead atoms. The van der Waals surface area contributed by atoms with Crippen LogP contribution in [0.15, 0.2) is 60.7 Å². The van der Waals surface area contributed by atoms with Crippen LogP contribution in [0.4, 0.5) is 0 Å². The zero-order valence-corrected chi connectivity index (χ0v) is 18.7. The molecule has 0 amide bonds. The number of piperazine rings is 1. The molecule has 30 heavy (non-hydrogen) atoms. The van der Waals surface area contributed by atoms with Gasteiger partial charge in [-0.2, -0.15) is 5.10 Å². The van der Waals surface area contributed by atoms with Crippen molar-refractivity contribution in [3.63, 3.8) is 0 Å². The first-order valence-electron chi connectivity index (χ1n) is 10.2. The first kappa shape index (κ1) is 21.0. The third kappa shape index (κ3) is 5.08. The van der Waals surface area contributed by atoms with Gasteiger partial charge >= 0.3 is 0 Å². The van der Waals surface area contributed by atoms with Crippen molar-refractivity contribution in [3.05, 3.63) is 76.0 Å². The molecule has 0 unspecified atom stereocenters. The average Bonchev–Trinajstić information content (AvgIpc) is 3.05. The second-order valence-corrected chi connectivity index (χ2v) is 8.35. The summed E-state index contributed by atoms with van der Waals surface area (Å²) in [5.74, 6) is 0.862. The van der Waals surface area contributed by atoms with Crippen molar-refractivity contribution in [3.8, 4) is 11.4 Å². The van der Waals surface area contributed by atoms with Crippen LogP contribution in [0.5, 0.6) is 0 Å². The molecule has 0 radical (unpaired) electrons. The van der Waals surface area contributed by atoms with Crippen molar-refractivity contribution in [2.24, 2.45) is 7.05 Å². The van der Waals surface area contributed by atoms with E-state index in [9.17, 15) is 0 Å². The fourth-order valence-electron chi connectivity index (χ4n) is 3.64. The molecule has 2 aromatic carbocycles. The Bertz CT molecular complexity index is 1050. The van der Waals surface area contributed by atoms with Gasteiger partial charge in [0.25, 0.3) is 0 Å². The van der Waals surface area contributed by atoms with Gasteiger partial charge in [-0.3, -0.25) is 9.80 Å². The van der Waals surface area contributed by atoms with Gasteiger partial charge in [0.1, 0.15) is 0 Å². The number of benzene rings is 2. The van der Waals surface area contributed by atoms with Gasteiger partial charge in [0, 0.05) is 50.4 Å². The standard InChI is InChI=1S/C23H26ClN5S/c1-26-22(20-9-11-21(24)12-10-20)25-29(23(26)30)18-28-16-14-27(15-17-28)13-5-8-19-6-3-2-4-7-19/h2-12H,13-18H2,1H3/b8-5+. The maximum atomic E-state index is 6.01. The Hall–Kier alpha value is -2.25. The van der Waals surface area contributed by atoms with Gasteiger partial charge in [-0.1, -0.05) is 54.1 Å². The molecule has 4 rings (SSSR count). The number of halogens is 1. The molecule has 7 heteroatoms. The van der Waals surface area contributed by atoms with Gasteiger partial charge < -0.3 is 4.57 Å². The van der Waals surface area contributed by atoms with E-state index in [4.69, 9.17) is 28.9 Å². The summed E-state index contributed by atoms with van der Waals surface area (Å²) < 4.78 is 4.61. The van der Waals surface area contributed by atoms with Crippen molar-refractivity contribution in [1.82, 2.24) is 24.1 Å². The highest BCUT2D eigenvalue weighted by Crippen LogP contribution is 2.20. The molecule has 1 aliphatic rings. The third-order valence-electron chi connectivity index (χ3n) is 5.42. The maximum Gasteiger partial charge on any atom is 0.199 e. The van der Waals surface area contributed by atoms with Gasteiger partial charge in [0.05, 0.1) is 6.67 Å². The van der Waals surface area contributed by atoms with Crippen LogP contribution in [-0.4, -0.2) is 56.9 Å². The SMILES string of the molecule is Cn1c(-c2ccc(Cl)cc2)nn(CN2CCN(C/C=C/c3ccccc3)CC2)c1=S. The molecule has 1 saturated heterocycles. The van der Waals surface area contributed by atoms with E-state index in [1.807, 2.05) is 46.6 Å². The zero-order chi connectivity index (χ0) is 20.9. The highest BCUT2D eigenvalue weighted by atomic mass is 35.5. The van der Waals surface area contributed by atoms with Crippen molar-refractivity contribution >= 4 is 29.9 Å². The lowest BCUT2D eigenvalue weighted by atomic mass is 10.2. The molecule has 1 fully saturated rings. The molecule has 0 atom stereocenters. The summed E-state index contributed by atoms with van der Waals surface area (Å²) in [7, 11) is 1.97. The monoisotopic (exact) mass is 439 g/mol. The topological polar surface area (TPSA) is 29.2 Å². The maximum absolute atomic E-state index is 6.01. The minimum Gasteiger partial charge on any atom is -0.303 e. The summed E-state index contributed by atoms with van der Waals surface area (Å²) in [4.78, 5) is 4.89. The molecule has 0 N–H and O–H groups in total. The van der Waals surface area contributed by atoms with Crippen LogP contribution in [0.3, 0.4) is 0 Å². The van der Waals surface area contributed by atoms with Crippen molar-refractivity contribution in [2.75, 3.05) is 32.7 Å². The molecule has 1 aliphatic heterocycles. The van der Waals surface area contributed by atoms with Crippen LogP contribution in [0, 0.1) is 4.77 Å². The number of nitrogens with zero attached hydrogens (tertiary/aromatic N) is 5. The fraction of sp³-hybridized carbons (Fsp3) is 0.304. The van der Waals surface area contributed by atoms with Crippen molar-refractivity contribution < 1.29 is 0 Å². The number of aromatic nitrogens is 3. The molecule has 2 heterocycles. The molecule has 0 saturated carbocycles. The molecule has 1 aromatic heterocycles. The fourth-order valence-corrected chi connectivity index (χ4v) is 3.95. The predicted octanol–water partition coefficient (Wildman–Crippen LogP) is 4.56. The summed E-state index contributed by atoms with van der Waals surface area (Å²) in [6, 6.07) is 18.2. The van der Waals surface area contributed by atoms with Crippen molar-refractivity contribution in [1.29, 1.82) is 0 Å². The Morgan fingerprint density at radius 3 is 2.33 bits per heavy atom. The summed E-state index contributed by atoms with van der Waals surface area (Å²) in [6.07, 6.45) is 4.44. The summed E-state index contributed by atoms with van der Waals surface area (Å²) >= 11 is 11.6. The first-order chi connectivity index (χ1) is 14.6. The normalized spacial score (nSPS) is 15.8. The van der Waals surface area contributed by atoms with Crippen LogP contribution >= 0.6 is 23.8 Å². The molecule has 0 spiro atoms. The molecule has 0 aliphatic carbocycles. The predicted molar refractivity (Wildman–Crippen MR) is 126 cm³/mol. The minimum atomic E-state index is 0.716. The van der Waals surface area contributed by atoms with Gasteiger partial charge in [-0.15, -0.1) is 0 Å². The second-order valence-electron chi connectivity index (χ2n) is 7.54. The summed E-state index contributed by atoms with van der Waals surface area (Å²) in [5, 5.41) is 5.49. The highest BCUT2D eigenvalue weighted by Gasteiger charge is 2.18. The quantitative estimate of drug-likeness (QED) is 0.526. The largest absolute Gasteiger partial charge is 0.303 e. The van der Waals surface area contributed by atoms with Gasteiger partial charge in [0.2, 0.25) is 0 Å². The highest BCUT2D eigenvalue weighted by molar-refractivity contribution is 7.71. The zero-order valence-electron chi connectivity index (χ0n) is 17.1. The van der Waals surface area contributed by atoms with Crippen LogP contribution in [-0.2, 0) is 13.7 Å². The lowest BCUT2D eigenvalue weighted by Gasteiger charge is -2.33. The second kappa shape index (κ2) is 9.71. The molecular formula is C23H26ClN5S. The number of hydrogen-bond donors (Lipinski definition) is 0. The van der Waals surface area contributed by atoms with Crippen LogP contribution < -0.4 is 0 Å². The third-order valence-corrected chi connectivity index (χ3v) is 6.15. The number of hydrogen-bond acceptors (Lipinski definition) is 4. The lowest BCUT2D eigenvalue weighted by molar-refractivity contribution is 0.110. The lowest BCUT2D eigenvalue weighted by Crippen LogP contribution is -2.46. The van der Waals surface area contributed by atoms with Crippen LogP contribution in [0.1, 0.15) is 5.56 Å². The van der Waals surface area contributed by atoms with E-state index in [0.29, 0.717) is 6.67 Å². The van der Waals surface area contributed by atoms with E-state index >= 15 is 0 Å². The van der Waals surface area contributed by atoms with Gasteiger partial charge in [-0.05, 0) is 42.0 Å². The average molecular weight is 440 g/mol. The Labute approximate surface area is 187 Å². The summed E-state index contributed by atoms with van der Waals surface area (Å²) in [6.45, 7) is 5.80. The molecular weight excluding hydrogens is 414 g/mol. The number of rotatable bonds is 6. The molecule has 3 aromatic rings. The van der Waals surface area contributed by atoms with Crippen molar-refractivity contribution in [2.45, 2.75) is 6.67 Å². The molecule has 156 valence electrons. The Morgan fingerprint density at radius 1 is 0.967 bits per heavy atom. The van der Waals surface area contributed by atoms with E-state index in [1.54, 1.807) is 0 Å². The van der Waals surface area contributed by atoms with E-state index in [1.165, 1.54) is 5.56 Å². The smallest absolute Gasteiger partial charge is 0.199 e. The van der Waals surface area contributed by atoms with Gasteiger partial charge in [-0.25, -0.2) is 4.68 Å². The Balaban J connectivity index is 1.33.